The van der Waals surface area contributed by atoms with Crippen LogP contribution in [0.2, 0.25) is 0 Å². The smallest absolute Gasteiger partial charge is 0.298 e. The van der Waals surface area contributed by atoms with E-state index in [0.29, 0.717) is 0 Å². The van der Waals surface area contributed by atoms with Gasteiger partial charge >= 0.3 is 0 Å². The topological polar surface area (TPSA) is 146 Å². The Kier molecular flexibility index (Phi) is 19.4. The van der Waals surface area contributed by atoms with Crippen molar-refractivity contribution in [2.24, 2.45) is 0 Å². The van der Waals surface area contributed by atoms with Crippen molar-refractivity contribution in [2.75, 3.05) is 39.6 Å². The molecule has 0 aliphatic carbocycles. The summed E-state index contributed by atoms with van der Waals surface area (Å²) in [5.74, 6) is 0.150. The number of hydrogen-bond acceptors (Lipinski definition) is 8. The van der Waals surface area contributed by atoms with E-state index in [1.807, 2.05) is 12.1 Å². The van der Waals surface area contributed by atoms with Crippen molar-refractivity contribution >= 4 is 20.2 Å². The minimum atomic E-state index is -4.44. The monoisotopic (exact) mass is 686 g/mol. The summed E-state index contributed by atoms with van der Waals surface area (Å²) >= 11 is 0. The van der Waals surface area contributed by atoms with Gasteiger partial charge in [0.05, 0.1) is 26.4 Å². The number of aryl methyl sites for hydroxylation is 2. The standard InChI is InChI=1S/C34H54O10S2/c1-3-5-7-9-11-13-15-29-17-19-31(33(27-29)45(35,36)37)43-25-23-41-21-22-42-24-26-44-32-20-18-30(28-34(32)46(38,39)40)16-14-12-10-8-6-4-2/h17-20,27-28H,3-16,21-26H2,1-2H3,(H,35,36,37)(H,38,39,40). The van der Waals surface area contributed by atoms with Gasteiger partial charge in [0.2, 0.25) is 0 Å². The van der Waals surface area contributed by atoms with Gasteiger partial charge in [-0.2, -0.15) is 16.8 Å². The van der Waals surface area contributed by atoms with Crippen molar-refractivity contribution in [1.29, 1.82) is 0 Å². The van der Waals surface area contributed by atoms with Gasteiger partial charge < -0.3 is 18.9 Å². The summed E-state index contributed by atoms with van der Waals surface area (Å²) in [4.78, 5) is -0.493. The average Bonchev–Trinajstić information content (AvgIpc) is 3.01. The second-order valence-electron chi connectivity index (χ2n) is 11.5. The molecule has 0 atom stereocenters. The highest BCUT2D eigenvalue weighted by atomic mass is 32.2. The van der Waals surface area contributed by atoms with E-state index >= 15 is 0 Å². The maximum Gasteiger partial charge on any atom is 0.298 e. The van der Waals surface area contributed by atoms with Gasteiger partial charge in [-0.05, 0) is 61.1 Å². The highest BCUT2D eigenvalue weighted by molar-refractivity contribution is 7.86. The van der Waals surface area contributed by atoms with Gasteiger partial charge in [0.25, 0.3) is 20.2 Å². The molecule has 10 nitrogen and oxygen atoms in total. The van der Waals surface area contributed by atoms with Crippen molar-refractivity contribution in [3.8, 4) is 11.5 Å². The molecule has 0 saturated heterocycles. The molecule has 0 saturated carbocycles. The molecular weight excluding hydrogens is 632 g/mol. The van der Waals surface area contributed by atoms with Crippen LogP contribution >= 0.6 is 0 Å². The van der Waals surface area contributed by atoms with Crippen LogP contribution in [0.4, 0.5) is 0 Å². The Morgan fingerprint density at radius 3 is 1.22 bits per heavy atom. The number of benzene rings is 2. The van der Waals surface area contributed by atoms with Crippen LogP contribution in [0.5, 0.6) is 11.5 Å². The molecule has 0 amide bonds. The van der Waals surface area contributed by atoms with Crippen LogP contribution in [0, 0.1) is 0 Å². The second-order valence-corrected chi connectivity index (χ2v) is 14.2. The molecule has 46 heavy (non-hydrogen) atoms. The SMILES string of the molecule is CCCCCCCCc1ccc(OCCOCCOCCOc2ccc(CCCCCCCC)cc2S(=O)(=O)O)c(S(=O)(=O)O)c1. The maximum atomic E-state index is 11.9. The Bertz CT molecular complexity index is 1240. The first-order valence-corrected chi connectivity index (χ1v) is 19.6. The molecule has 262 valence electrons. The zero-order valence-corrected chi connectivity index (χ0v) is 29.2. The van der Waals surface area contributed by atoms with E-state index in [1.54, 1.807) is 12.1 Å². The van der Waals surface area contributed by atoms with Crippen LogP contribution < -0.4 is 9.47 Å². The van der Waals surface area contributed by atoms with Crippen molar-refractivity contribution in [3.63, 3.8) is 0 Å². The summed E-state index contributed by atoms with van der Waals surface area (Å²) in [6.45, 7) is 5.34. The lowest BCUT2D eigenvalue weighted by atomic mass is 10.0. The van der Waals surface area contributed by atoms with Crippen LogP contribution in [-0.2, 0) is 42.6 Å². The molecule has 2 aromatic rings. The number of unbranched alkanes of at least 4 members (excludes halogenated alkanes) is 10. The Morgan fingerprint density at radius 1 is 0.500 bits per heavy atom. The lowest BCUT2D eigenvalue weighted by Crippen LogP contribution is -2.14. The van der Waals surface area contributed by atoms with E-state index < -0.39 is 20.2 Å². The van der Waals surface area contributed by atoms with Crippen LogP contribution in [-0.4, -0.2) is 65.6 Å². The highest BCUT2D eigenvalue weighted by Gasteiger charge is 2.19. The number of ether oxygens (including phenoxy) is 4. The molecule has 2 aromatic carbocycles. The van der Waals surface area contributed by atoms with Gasteiger partial charge in [0, 0.05) is 0 Å². The third kappa shape index (κ3) is 16.6. The Morgan fingerprint density at radius 2 is 0.848 bits per heavy atom. The van der Waals surface area contributed by atoms with E-state index in [0.717, 1.165) is 62.5 Å². The average molecular weight is 687 g/mol. The minimum absolute atomic E-state index is 0.0749. The van der Waals surface area contributed by atoms with Crippen LogP contribution in [0.1, 0.15) is 102 Å². The molecule has 0 radical (unpaired) electrons. The van der Waals surface area contributed by atoms with Gasteiger partial charge in [-0.1, -0.05) is 90.2 Å². The molecule has 0 heterocycles. The van der Waals surface area contributed by atoms with E-state index in [-0.39, 0.29) is 60.9 Å². The fourth-order valence-electron chi connectivity index (χ4n) is 5.02. The maximum absolute atomic E-state index is 11.9. The van der Waals surface area contributed by atoms with Gasteiger partial charge in [-0.25, -0.2) is 0 Å². The number of hydrogen-bond donors (Lipinski definition) is 2. The first-order valence-electron chi connectivity index (χ1n) is 16.7. The second kappa shape index (κ2) is 22.4. The molecule has 0 bridgehead atoms. The molecule has 0 aliphatic rings. The van der Waals surface area contributed by atoms with E-state index in [9.17, 15) is 25.9 Å². The summed E-state index contributed by atoms with van der Waals surface area (Å²) in [6.07, 6.45) is 15.1. The van der Waals surface area contributed by atoms with Crippen molar-refractivity contribution < 1.29 is 44.9 Å². The molecule has 0 aromatic heterocycles. The van der Waals surface area contributed by atoms with E-state index in [4.69, 9.17) is 18.9 Å². The van der Waals surface area contributed by atoms with Crippen molar-refractivity contribution in [1.82, 2.24) is 0 Å². The summed E-state index contributed by atoms with van der Waals surface area (Å²) in [7, 11) is -8.89. The summed E-state index contributed by atoms with van der Waals surface area (Å²) < 4.78 is 89.3. The van der Waals surface area contributed by atoms with Gasteiger partial charge in [0.15, 0.2) is 0 Å². The summed E-state index contributed by atoms with van der Waals surface area (Å²) in [6, 6.07) is 9.70. The minimum Gasteiger partial charge on any atom is -0.490 e. The molecule has 0 fully saturated rings. The Labute approximate surface area is 276 Å². The predicted molar refractivity (Wildman–Crippen MR) is 179 cm³/mol. The molecule has 2 N–H and O–H groups in total. The van der Waals surface area contributed by atoms with Gasteiger partial charge in [-0.15, -0.1) is 0 Å². The molecule has 2 rings (SSSR count). The zero-order chi connectivity index (χ0) is 33.7. The van der Waals surface area contributed by atoms with Crippen LogP contribution in [0.25, 0.3) is 0 Å². The highest BCUT2D eigenvalue weighted by Crippen LogP contribution is 2.27. The fourth-order valence-corrected chi connectivity index (χ4v) is 6.38. The number of rotatable bonds is 27. The fraction of sp³-hybridized carbons (Fsp3) is 0.647. The predicted octanol–water partition coefficient (Wildman–Crippen LogP) is 7.48. The molecule has 0 aliphatic heterocycles. The molecule has 12 heteroatoms. The summed E-state index contributed by atoms with van der Waals surface area (Å²) in [5, 5.41) is 0. The first kappa shape index (κ1) is 40.0. The van der Waals surface area contributed by atoms with Crippen LogP contribution in [0.3, 0.4) is 0 Å². The van der Waals surface area contributed by atoms with E-state index in [1.165, 1.54) is 50.7 Å². The Balaban J connectivity index is 1.67. The molecular formula is C34H54O10S2. The molecule has 0 unspecified atom stereocenters. The third-order valence-electron chi connectivity index (χ3n) is 7.55. The van der Waals surface area contributed by atoms with Crippen molar-refractivity contribution in [3.05, 3.63) is 47.5 Å². The molecule has 0 spiro atoms. The normalized spacial score (nSPS) is 12.0. The lowest BCUT2D eigenvalue weighted by molar-refractivity contribution is 0.0268. The third-order valence-corrected chi connectivity index (χ3v) is 9.30. The quantitative estimate of drug-likeness (QED) is 0.0717. The Hall–Kier alpha value is -2.22. The first-order chi connectivity index (χ1) is 22.1. The van der Waals surface area contributed by atoms with Gasteiger partial charge in [-0.3, -0.25) is 9.11 Å². The van der Waals surface area contributed by atoms with Crippen molar-refractivity contribution in [2.45, 2.75) is 114 Å². The zero-order valence-electron chi connectivity index (χ0n) is 27.6. The largest absolute Gasteiger partial charge is 0.490 e. The van der Waals surface area contributed by atoms with E-state index in [2.05, 4.69) is 13.8 Å². The van der Waals surface area contributed by atoms with Crippen LogP contribution in [0.15, 0.2) is 46.2 Å². The van der Waals surface area contributed by atoms with Gasteiger partial charge in [0.1, 0.15) is 34.5 Å². The summed E-state index contributed by atoms with van der Waals surface area (Å²) in [5.41, 5.74) is 1.67. The lowest BCUT2D eigenvalue weighted by Gasteiger charge is -2.13.